The van der Waals surface area contributed by atoms with Crippen LogP contribution in [0.4, 0.5) is 0 Å². The highest BCUT2D eigenvalue weighted by Crippen LogP contribution is 2.41. The second-order valence-electron chi connectivity index (χ2n) is 6.48. The smallest absolute Gasteiger partial charge is 0.254 e. The molecular formula is C13H23N3O. The van der Waals surface area contributed by atoms with E-state index in [4.69, 9.17) is 5.73 Å². The number of rotatable bonds is 0. The zero-order valence-corrected chi connectivity index (χ0v) is 11.0. The van der Waals surface area contributed by atoms with Crippen LogP contribution in [0.5, 0.6) is 0 Å². The van der Waals surface area contributed by atoms with Crippen molar-refractivity contribution in [3.05, 3.63) is 0 Å². The first-order valence-corrected chi connectivity index (χ1v) is 6.50. The molecule has 2 rings (SSSR count). The third kappa shape index (κ3) is 2.31. The summed E-state index contributed by atoms with van der Waals surface area (Å²) in [5.74, 6) is 0.973. The first-order valence-electron chi connectivity index (χ1n) is 6.50. The summed E-state index contributed by atoms with van der Waals surface area (Å²) < 4.78 is 0. The van der Waals surface area contributed by atoms with Crippen LogP contribution in [-0.4, -0.2) is 17.4 Å². The Labute approximate surface area is 103 Å². The zero-order valence-electron chi connectivity index (χ0n) is 11.0. The van der Waals surface area contributed by atoms with E-state index in [0.717, 1.165) is 25.7 Å². The largest absolute Gasteiger partial charge is 0.370 e. The van der Waals surface area contributed by atoms with Crippen LogP contribution in [0.15, 0.2) is 4.99 Å². The summed E-state index contributed by atoms with van der Waals surface area (Å²) in [5, 5.41) is 2.65. The normalized spacial score (nSPS) is 34.4. The Morgan fingerprint density at radius 1 is 1.35 bits per heavy atom. The Morgan fingerprint density at radius 2 is 2.06 bits per heavy atom. The molecule has 4 heteroatoms. The van der Waals surface area contributed by atoms with Gasteiger partial charge in [-0.15, -0.1) is 0 Å². The highest BCUT2D eigenvalue weighted by molar-refractivity contribution is 6.06. The van der Waals surface area contributed by atoms with E-state index in [-0.39, 0.29) is 5.91 Å². The summed E-state index contributed by atoms with van der Waals surface area (Å²) in [7, 11) is 0. The molecule has 1 heterocycles. The fourth-order valence-electron chi connectivity index (χ4n) is 3.07. The average molecular weight is 237 g/mol. The molecule has 2 aliphatic rings. The fourth-order valence-corrected chi connectivity index (χ4v) is 3.07. The Kier molecular flexibility index (Phi) is 2.92. The van der Waals surface area contributed by atoms with Crippen molar-refractivity contribution >= 4 is 11.9 Å². The number of nitrogens with one attached hydrogen (secondary N) is 1. The average Bonchev–Trinajstić information content (AvgIpc) is 2.37. The predicted octanol–water partition coefficient (Wildman–Crippen LogP) is 1.80. The van der Waals surface area contributed by atoms with Crippen molar-refractivity contribution in [3.63, 3.8) is 0 Å². The third-order valence-electron chi connectivity index (χ3n) is 4.27. The molecule has 1 aliphatic heterocycles. The molecule has 17 heavy (non-hydrogen) atoms. The molecule has 1 fully saturated rings. The molecule has 0 aromatic heterocycles. The maximum Gasteiger partial charge on any atom is 0.254 e. The van der Waals surface area contributed by atoms with Crippen molar-refractivity contribution in [1.82, 2.24) is 5.32 Å². The zero-order chi connectivity index (χ0) is 12.7. The summed E-state index contributed by atoms with van der Waals surface area (Å²) >= 11 is 0. The molecule has 1 spiro atoms. The van der Waals surface area contributed by atoms with E-state index in [1.807, 2.05) is 0 Å². The SMILES string of the molecule is CC(C)(C)C1CCCC2(CC1)N=C(N)NC2=O. The molecule has 1 amide bonds. The first kappa shape index (κ1) is 12.4. The van der Waals surface area contributed by atoms with Gasteiger partial charge in [-0.3, -0.25) is 10.1 Å². The summed E-state index contributed by atoms with van der Waals surface area (Å²) in [6.07, 6.45) is 4.99. The van der Waals surface area contributed by atoms with Crippen molar-refractivity contribution < 1.29 is 4.79 Å². The summed E-state index contributed by atoms with van der Waals surface area (Å²) in [4.78, 5) is 16.3. The van der Waals surface area contributed by atoms with Gasteiger partial charge in [0, 0.05) is 0 Å². The van der Waals surface area contributed by atoms with Crippen LogP contribution < -0.4 is 11.1 Å². The maximum absolute atomic E-state index is 12.0. The molecule has 2 atom stereocenters. The third-order valence-corrected chi connectivity index (χ3v) is 4.27. The van der Waals surface area contributed by atoms with Crippen molar-refractivity contribution in [3.8, 4) is 0 Å². The van der Waals surface area contributed by atoms with Crippen LogP contribution in [-0.2, 0) is 4.79 Å². The van der Waals surface area contributed by atoms with Crippen LogP contribution >= 0.6 is 0 Å². The Bertz CT molecular complexity index is 356. The van der Waals surface area contributed by atoms with Crippen LogP contribution in [0.3, 0.4) is 0 Å². The standard InChI is InChI=1S/C13H23N3O/c1-12(2,3)9-5-4-7-13(8-6-9)10(17)15-11(14)16-13/h9H,4-8H2,1-3H3,(H3,14,15,16,17). The van der Waals surface area contributed by atoms with Gasteiger partial charge in [-0.2, -0.15) is 0 Å². The molecule has 0 radical (unpaired) electrons. The number of amides is 1. The van der Waals surface area contributed by atoms with E-state index in [2.05, 4.69) is 31.1 Å². The van der Waals surface area contributed by atoms with E-state index >= 15 is 0 Å². The number of guanidine groups is 1. The summed E-state index contributed by atoms with van der Waals surface area (Å²) in [5.41, 5.74) is 5.38. The quantitative estimate of drug-likeness (QED) is 0.674. The number of carbonyl (C=O) groups is 1. The first-order chi connectivity index (χ1) is 7.83. The minimum absolute atomic E-state index is 0.00422. The van der Waals surface area contributed by atoms with E-state index in [0.29, 0.717) is 17.3 Å². The minimum atomic E-state index is -0.552. The minimum Gasteiger partial charge on any atom is -0.370 e. The van der Waals surface area contributed by atoms with Crippen molar-refractivity contribution in [1.29, 1.82) is 0 Å². The number of hydrogen-bond donors (Lipinski definition) is 2. The summed E-state index contributed by atoms with van der Waals surface area (Å²) in [6.45, 7) is 6.84. The number of aliphatic imine (C=N–C) groups is 1. The second kappa shape index (κ2) is 4.00. The molecule has 2 unspecified atom stereocenters. The Balaban J connectivity index is 2.13. The molecule has 1 saturated carbocycles. The van der Waals surface area contributed by atoms with Crippen LogP contribution in [0.25, 0.3) is 0 Å². The molecule has 0 saturated heterocycles. The lowest BCUT2D eigenvalue weighted by Gasteiger charge is -2.30. The highest BCUT2D eigenvalue weighted by atomic mass is 16.2. The number of nitrogens with zero attached hydrogens (tertiary/aromatic N) is 1. The van der Waals surface area contributed by atoms with Gasteiger partial charge in [-0.25, -0.2) is 4.99 Å². The lowest BCUT2D eigenvalue weighted by Crippen LogP contribution is -2.40. The van der Waals surface area contributed by atoms with Gasteiger partial charge in [-0.1, -0.05) is 27.2 Å². The topological polar surface area (TPSA) is 67.5 Å². The predicted molar refractivity (Wildman–Crippen MR) is 68.5 cm³/mol. The van der Waals surface area contributed by atoms with Gasteiger partial charge in [0.05, 0.1) is 0 Å². The molecule has 0 bridgehead atoms. The highest BCUT2D eigenvalue weighted by Gasteiger charge is 2.45. The molecule has 0 aromatic rings. The van der Waals surface area contributed by atoms with Crippen LogP contribution in [0, 0.1) is 11.3 Å². The second-order valence-corrected chi connectivity index (χ2v) is 6.48. The van der Waals surface area contributed by atoms with Crippen molar-refractivity contribution in [2.75, 3.05) is 0 Å². The van der Waals surface area contributed by atoms with Crippen molar-refractivity contribution in [2.24, 2.45) is 22.1 Å². The van der Waals surface area contributed by atoms with Gasteiger partial charge >= 0.3 is 0 Å². The van der Waals surface area contributed by atoms with Crippen LogP contribution in [0.1, 0.15) is 52.9 Å². The Morgan fingerprint density at radius 3 is 2.59 bits per heavy atom. The number of carbonyl (C=O) groups excluding carboxylic acids is 1. The number of nitrogens with two attached hydrogens (primary N) is 1. The molecule has 4 nitrogen and oxygen atoms in total. The van der Waals surface area contributed by atoms with Crippen LogP contribution in [0.2, 0.25) is 0 Å². The lowest BCUT2D eigenvalue weighted by molar-refractivity contribution is -0.124. The lowest BCUT2D eigenvalue weighted by atomic mass is 9.76. The van der Waals surface area contributed by atoms with E-state index in [1.54, 1.807) is 0 Å². The monoisotopic (exact) mass is 237 g/mol. The summed E-state index contributed by atoms with van der Waals surface area (Å²) in [6, 6.07) is 0. The van der Waals surface area contributed by atoms with Gasteiger partial charge < -0.3 is 5.73 Å². The van der Waals surface area contributed by atoms with Gasteiger partial charge in [0.25, 0.3) is 5.91 Å². The van der Waals surface area contributed by atoms with E-state index in [9.17, 15) is 4.79 Å². The number of hydrogen-bond acceptors (Lipinski definition) is 3. The maximum atomic E-state index is 12.0. The van der Waals surface area contributed by atoms with Crippen molar-refractivity contribution in [2.45, 2.75) is 58.4 Å². The fraction of sp³-hybridized carbons (Fsp3) is 0.846. The van der Waals surface area contributed by atoms with Gasteiger partial charge in [0.15, 0.2) is 5.96 Å². The van der Waals surface area contributed by atoms with Gasteiger partial charge in [0.2, 0.25) is 0 Å². The van der Waals surface area contributed by atoms with E-state index < -0.39 is 5.54 Å². The molecular weight excluding hydrogens is 214 g/mol. The molecule has 0 aromatic carbocycles. The van der Waals surface area contributed by atoms with Gasteiger partial charge in [0.1, 0.15) is 5.54 Å². The molecule has 3 N–H and O–H groups in total. The van der Waals surface area contributed by atoms with E-state index in [1.165, 1.54) is 6.42 Å². The van der Waals surface area contributed by atoms with Gasteiger partial charge in [-0.05, 0) is 37.0 Å². The Hall–Kier alpha value is -1.06. The molecule has 1 aliphatic carbocycles. The molecule has 96 valence electrons.